The standard InChI is InChI=1S/C13H14F3N3/c1-3-9-18-12(17-4-2)19-11-7-5-10(6-8-11)13(14,15)16/h4-9H,2-3H2,1H3,(H,17,19)/b18-9+. The van der Waals surface area contributed by atoms with Crippen molar-refractivity contribution in [3.63, 3.8) is 0 Å². The van der Waals surface area contributed by atoms with Gasteiger partial charge in [-0.25, -0.2) is 9.98 Å². The third-order valence-electron chi connectivity index (χ3n) is 2.08. The zero-order chi connectivity index (χ0) is 14.3. The van der Waals surface area contributed by atoms with Gasteiger partial charge in [-0.1, -0.05) is 13.5 Å². The van der Waals surface area contributed by atoms with E-state index in [-0.39, 0.29) is 5.96 Å². The smallest absolute Gasteiger partial charge is 0.324 e. The summed E-state index contributed by atoms with van der Waals surface area (Å²) in [4.78, 5) is 7.90. The molecule has 0 spiro atoms. The minimum Gasteiger partial charge on any atom is -0.324 e. The minimum atomic E-state index is -4.34. The first-order valence-electron chi connectivity index (χ1n) is 5.63. The SMILES string of the molecule is C=CN=C(/N=C/CC)Nc1ccc(C(F)(F)F)cc1. The Balaban J connectivity index is 2.84. The molecular formula is C13H14F3N3. The van der Waals surface area contributed by atoms with Crippen LogP contribution in [0.2, 0.25) is 0 Å². The number of anilines is 1. The molecule has 3 nitrogen and oxygen atoms in total. The van der Waals surface area contributed by atoms with Crippen molar-refractivity contribution < 1.29 is 13.2 Å². The molecular weight excluding hydrogens is 255 g/mol. The third-order valence-corrected chi connectivity index (χ3v) is 2.08. The highest BCUT2D eigenvalue weighted by Gasteiger charge is 2.29. The highest BCUT2D eigenvalue weighted by atomic mass is 19.4. The van der Waals surface area contributed by atoms with Gasteiger partial charge in [-0.2, -0.15) is 13.2 Å². The molecule has 0 atom stereocenters. The van der Waals surface area contributed by atoms with Crippen molar-refractivity contribution in [1.82, 2.24) is 0 Å². The van der Waals surface area contributed by atoms with Crippen molar-refractivity contribution in [2.75, 3.05) is 5.32 Å². The monoisotopic (exact) mass is 269 g/mol. The molecule has 1 aromatic rings. The molecule has 0 saturated carbocycles. The Morgan fingerprint density at radius 3 is 2.42 bits per heavy atom. The Morgan fingerprint density at radius 2 is 1.95 bits per heavy atom. The summed E-state index contributed by atoms with van der Waals surface area (Å²) in [6.07, 6.45) is -0.666. The number of hydrogen-bond acceptors (Lipinski definition) is 1. The molecule has 1 aromatic carbocycles. The van der Waals surface area contributed by atoms with Crippen LogP contribution in [0.4, 0.5) is 18.9 Å². The van der Waals surface area contributed by atoms with Crippen molar-refractivity contribution >= 4 is 17.9 Å². The molecule has 0 fully saturated rings. The van der Waals surface area contributed by atoms with E-state index in [0.29, 0.717) is 5.69 Å². The first kappa shape index (κ1) is 14.9. The maximum absolute atomic E-state index is 12.4. The molecule has 0 amide bonds. The number of alkyl halides is 3. The van der Waals surface area contributed by atoms with Crippen molar-refractivity contribution in [3.05, 3.63) is 42.6 Å². The van der Waals surface area contributed by atoms with Gasteiger partial charge in [0.05, 0.1) is 5.56 Å². The fourth-order valence-corrected chi connectivity index (χ4v) is 1.23. The van der Waals surface area contributed by atoms with Gasteiger partial charge in [0.1, 0.15) is 0 Å². The molecule has 0 aliphatic heterocycles. The highest BCUT2D eigenvalue weighted by Crippen LogP contribution is 2.29. The van der Waals surface area contributed by atoms with E-state index in [4.69, 9.17) is 0 Å². The molecule has 0 aliphatic rings. The van der Waals surface area contributed by atoms with Gasteiger partial charge in [0.2, 0.25) is 5.96 Å². The summed E-state index contributed by atoms with van der Waals surface area (Å²) >= 11 is 0. The van der Waals surface area contributed by atoms with E-state index in [1.165, 1.54) is 18.3 Å². The summed E-state index contributed by atoms with van der Waals surface area (Å²) < 4.78 is 37.2. The third kappa shape index (κ3) is 4.95. The van der Waals surface area contributed by atoms with Gasteiger partial charge in [-0.15, -0.1) is 0 Å². The van der Waals surface area contributed by atoms with Crippen LogP contribution in [-0.2, 0) is 6.18 Å². The van der Waals surface area contributed by atoms with E-state index in [1.54, 1.807) is 6.21 Å². The van der Waals surface area contributed by atoms with Gasteiger partial charge in [0.25, 0.3) is 0 Å². The van der Waals surface area contributed by atoms with Crippen LogP contribution in [0.15, 0.2) is 47.0 Å². The van der Waals surface area contributed by atoms with Crippen LogP contribution in [0.3, 0.4) is 0 Å². The van der Waals surface area contributed by atoms with Crippen molar-refractivity contribution in [3.8, 4) is 0 Å². The van der Waals surface area contributed by atoms with E-state index in [9.17, 15) is 13.2 Å². The molecule has 0 aromatic heterocycles. The van der Waals surface area contributed by atoms with E-state index < -0.39 is 11.7 Å². The van der Waals surface area contributed by atoms with Crippen LogP contribution in [-0.4, -0.2) is 12.2 Å². The summed E-state index contributed by atoms with van der Waals surface area (Å²) in [5, 5.41) is 2.81. The van der Waals surface area contributed by atoms with Gasteiger partial charge in [0.15, 0.2) is 0 Å². The largest absolute Gasteiger partial charge is 0.416 e. The number of benzene rings is 1. The zero-order valence-corrected chi connectivity index (χ0v) is 10.4. The molecule has 6 heteroatoms. The molecule has 19 heavy (non-hydrogen) atoms. The Kier molecular flexibility index (Phi) is 5.29. The lowest BCUT2D eigenvalue weighted by Crippen LogP contribution is -2.10. The van der Waals surface area contributed by atoms with Crippen molar-refractivity contribution in [1.29, 1.82) is 0 Å². The summed E-state index contributed by atoms with van der Waals surface area (Å²) in [6.45, 7) is 5.36. The lowest BCUT2D eigenvalue weighted by atomic mass is 10.2. The molecule has 0 aliphatic carbocycles. The molecule has 0 bridgehead atoms. The zero-order valence-electron chi connectivity index (χ0n) is 10.4. The maximum Gasteiger partial charge on any atom is 0.416 e. The highest BCUT2D eigenvalue weighted by molar-refractivity contribution is 5.98. The number of nitrogens with one attached hydrogen (secondary N) is 1. The topological polar surface area (TPSA) is 36.8 Å². The first-order valence-corrected chi connectivity index (χ1v) is 5.63. The van der Waals surface area contributed by atoms with Gasteiger partial charge in [0, 0.05) is 18.1 Å². The second-order valence-electron chi connectivity index (χ2n) is 3.56. The van der Waals surface area contributed by atoms with Crippen LogP contribution < -0.4 is 5.32 Å². The van der Waals surface area contributed by atoms with Crippen LogP contribution in [0.25, 0.3) is 0 Å². The molecule has 102 valence electrons. The first-order chi connectivity index (χ1) is 8.97. The fourth-order valence-electron chi connectivity index (χ4n) is 1.23. The summed E-state index contributed by atoms with van der Waals surface area (Å²) in [5.41, 5.74) is -0.223. The maximum atomic E-state index is 12.4. The number of hydrogen-bond donors (Lipinski definition) is 1. The lowest BCUT2D eigenvalue weighted by Gasteiger charge is -2.08. The van der Waals surface area contributed by atoms with E-state index in [0.717, 1.165) is 18.6 Å². The molecule has 1 N–H and O–H groups in total. The Labute approximate surface area is 109 Å². The number of guanidine groups is 1. The summed E-state index contributed by atoms with van der Waals surface area (Å²) in [5.74, 6) is 0.275. The van der Waals surface area contributed by atoms with Crippen LogP contribution in [0.5, 0.6) is 0 Å². The van der Waals surface area contributed by atoms with Crippen molar-refractivity contribution in [2.45, 2.75) is 19.5 Å². The fraction of sp³-hybridized carbons (Fsp3) is 0.231. The summed E-state index contributed by atoms with van der Waals surface area (Å²) in [7, 11) is 0. The van der Waals surface area contributed by atoms with Gasteiger partial charge >= 0.3 is 6.18 Å². The van der Waals surface area contributed by atoms with Crippen LogP contribution in [0, 0.1) is 0 Å². The van der Waals surface area contributed by atoms with Crippen LogP contribution >= 0.6 is 0 Å². The Hall–Kier alpha value is -2.11. The van der Waals surface area contributed by atoms with E-state index >= 15 is 0 Å². The molecule has 0 unspecified atom stereocenters. The predicted octanol–water partition coefficient (Wildman–Crippen LogP) is 4.10. The van der Waals surface area contributed by atoms with E-state index in [2.05, 4.69) is 21.9 Å². The number of rotatable bonds is 3. The quantitative estimate of drug-likeness (QED) is 0.651. The lowest BCUT2D eigenvalue weighted by molar-refractivity contribution is -0.137. The predicted molar refractivity (Wildman–Crippen MR) is 71.5 cm³/mol. The van der Waals surface area contributed by atoms with Gasteiger partial charge in [-0.3, -0.25) is 0 Å². The number of halogens is 3. The average Bonchev–Trinajstić information content (AvgIpc) is 2.36. The number of nitrogens with zero attached hydrogens (tertiary/aromatic N) is 2. The van der Waals surface area contributed by atoms with Gasteiger partial charge < -0.3 is 5.32 Å². The Morgan fingerprint density at radius 1 is 1.32 bits per heavy atom. The molecule has 1 rings (SSSR count). The normalized spacial score (nSPS) is 12.7. The van der Waals surface area contributed by atoms with Crippen molar-refractivity contribution in [2.24, 2.45) is 9.98 Å². The molecule has 0 heterocycles. The van der Waals surface area contributed by atoms with Crippen LogP contribution in [0.1, 0.15) is 18.9 Å². The molecule has 0 saturated heterocycles. The minimum absolute atomic E-state index is 0.275. The number of aliphatic imine (C=N–C) groups is 2. The molecule has 0 radical (unpaired) electrons. The second-order valence-corrected chi connectivity index (χ2v) is 3.56. The summed E-state index contributed by atoms with van der Waals surface area (Å²) in [6, 6.07) is 4.64. The van der Waals surface area contributed by atoms with E-state index in [1.807, 2.05) is 6.92 Å². The van der Waals surface area contributed by atoms with Gasteiger partial charge in [-0.05, 0) is 30.7 Å². The average molecular weight is 269 g/mol. The second kappa shape index (κ2) is 6.72. The Bertz CT molecular complexity index is 473.